The van der Waals surface area contributed by atoms with Crippen LogP contribution in [0.4, 0.5) is 11.4 Å². The molecule has 0 saturated carbocycles. The summed E-state index contributed by atoms with van der Waals surface area (Å²) in [5.41, 5.74) is 7.96. The summed E-state index contributed by atoms with van der Waals surface area (Å²) in [7, 11) is 5.46. The minimum atomic E-state index is 0.566. The minimum Gasteiger partial charge on any atom is -0.493 e. The summed E-state index contributed by atoms with van der Waals surface area (Å²) in [4.78, 5) is 4.75. The molecule has 2 rings (SSSR count). The summed E-state index contributed by atoms with van der Waals surface area (Å²) in [6, 6.07) is 4.39. The number of hydrogen-bond acceptors (Lipinski definition) is 5. The van der Waals surface area contributed by atoms with Crippen molar-refractivity contribution >= 4 is 11.4 Å². The van der Waals surface area contributed by atoms with Gasteiger partial charge in [0.2, 0.25) is 0 Å². The fourth-order valence-corrected chi connectivity index (χ4v) is 2.76. The molecular weight excluding hydrogens is 254 g/mol. The molecule has 1 aromatic rings. The number of anilines is 2. The molecule has 0 radical (unpaired) electrons. The van der Waals surface area contributed by atoms with E-state index in [0.717, 1.165) is 43.2 Å². The van der Waals surface area contributed by atoms with E-state index >= 15 is 0 Å². The molecule has 1 aromatic carbocycles. The molecule has 1 aliphatic heterocycles. The lowest BCUT2D eigenvalue weighted by Gasteiger charge is -2.40. The van der Waals surface area contributed by atoms with Gasteiger partial charge in [-0.2, -0.15) is 0 Å². The maximum atomic E-state index is 6.18. The van der Waals surface area contributed by atoms with Gasteiger partial charge in [-0.3, -0.25) is 4.90 Å². The third kappa shape index (κ3) is 2.77. The molecule has 1 saturated heterocycles. The number of rotatable bonds is 4. The van der Waals surface area contributed by atoms with E-state index in [9.17, 15) is 0 Å². The number of nitrogens with two attached hydrogens (primary N) is 1. The molecule has 0 bridgehead atoms. The van der Waals surface area contributed by atoms with Crippen LogP contribution >= 0.6 is 0 Å². The lowest BCUT2D eigenvalue weighted by atomic mass is 10.1. The van der Waals surface area contributed by atoms with Gasteiger partial charge in [-0.05, 0) is 13.5 Å². The van der Waals surface area contributed by atoms with Gasteiger partial charge in [0.1, 0.15) is 0 Å². The van der Waals surface area contributed by atoms with E-state index < -0.39 is 0 Å². The highest BCUT2D eigenvalue weighted by Gasteiger charge is 2.25. The molecule has 0 aromatic heterocycles. The van der Waals surface area contributed by atoms with Gasteiger partial charge >= 0.3 is 0 Å². The molecule has 112 valence electrons. The molecule has 1 unspecified atom stereocenters. The molecule has 0 aliphatic carbocycles. The van der Waals surface area contributed by atoms with Crippen LogP contribution in [0.5, 0.6) is 11.5 Å². The molecule has 0 amide bonds. The van der Waals surface area contributed by atoms with E-state index in [1.807, 2.05) is 12.1 Å². The largest absolute Gasteiger partial charge is 0.493 e. The molecule has 1 aliphatic rings. The highest BCUT2D eigenvalue weighted by atomic mass is 16.5. The molecule has 2 N–H and O–H groups in total. The van der Waals surface area contributed by atoms with Crippen molar-refractivity contribution in [2.24, 2.45) is 0 Å². The average molecular weight is 279 g/mol. The topological polar surface area (TPSA) is 51.0 Å². The number of likely N-dealkylation sites (N-methyl/N-ethyl adjacent to an activating group) is 1. The second-order valence-corrected chi connectivity index (χ2v) is 5.25. The van der Waals surface area contributed by atoms with Gasteiger partial charge in [0.25, 0.3) is 0 Å². The van der Waals surface area contributed by atoms with Crippen LogP contribution in [0.15, 0.2) is 12.1 Å². The quantitative estimate of drug-likeness (QED) is 0.852. The summed E-state index contributed by atoms with van der Waals surface area (Å²) in [6.07, 6.45) is 1.14. The first kappa shape index (κ1) is 14.8. The number of nitrogen functional groups attached to an aromatic ring is 1. The van der Waals surface area contributed by atoms with Crippen molar-refractivity contribution in [3.8, 4) is 11.5 Å². The lowest BCUT2D eigenvalue weighted by molar-refractivity contribution is 0.213. The molecule has 0 spiro atoms. The van der Waals surface area contributed by atoms with Gasteiger partial charge in [0.15, 0.2) is 11.5 Å². The van der Waals surface area contributed by atoms with Crippen LogP contribution in [0.1, 0.15) is 13.3 Å². The first-order valence-electron chi connectivity index (χ1n) is 7.07. The minimum absolute atomic E-state index is 0.566. The third-order valence-electron chi connectivity index (χ3n) is 4.12. The van der Waals surface area contributed by atoms with E-state index in [1.165, 1.54) is 0 Å². The Morgan fingerprint density at radius 2 is 1.85 bits per heavy atom. The van der Waals surface area contributed by atoms with Gasteiger partial charge in [0.05, 0.1) is 25.6 Å². The van der Waals surface area contributed by atoms with Crippen molar-refractivity contribution in [1.29, 1.82) is 0 Å². The normalized spacial score (nSPS) is 20.0. The van der Waals surface area contributed by atoms with Crippen molar-refractivity contribution in [1.82, 2.24) is 4.90 Å². The Labute approximate surface area is 121 Å². The number of ether oxygens (including phenoxy) is 2. The van der Waals surface area contributed by atoms with Crippen molar-refractivity contribution < 1.29 is 9.47 Å². The summed E-state index contributed by atoms with van der Waals surface area (Å²) >= 11 is 0. The Morgan fingerprint density at radius 1 is 1.20 bits per heavy atom. The molecule has 5 nitrogen and oxygen atoms in total. The number of piperazine rings is 1. The zero-order chi connectivity index (χ0) is 14.7. The summed E-state index contributed by atoms with van der Waals surface area (Å²) < 4.78 is 10.7. The average Bonchev–Trinajstić information content (AvgIpc) is 2.47. The van der Waals surface area contributed by atoms with Gasteiger partial charge in [-0.25, -0.2) is 0 Å². The second-order valence-electron chi connectivity index (χ2n) is 5.25. The number of methoxy groups -OCH3 is 2. The highest BCUT2D eigenvalue weighted by molar-refractivity contribution is 5.73. The van der Waals surface area contributed by atoms with E-state index in [-0.39, 0.29) is 0 Å². The fourth-order valence-electron chi connectivity index (χ4n) is 2.76. The Hall–Kier alpha value is -1.62. The van der Waals surface area contributed by atoms with E-state index in [4.69, 9.17) is 15.2 Å². The first-order chi connectivity index (χ1) is 9.60. The van der Waals surface area contributed by atoms with Crippen LogP contribution < -0.4 is 20.1 Å². The van der Waals surface area contributed by atoms with Crippen LogP contribution in [0.25, 0.3) is 0 Å². The van der Waals surface area contributed by atoms with Crippen molar-refractivity contribution in [3.05, 3.63) is 12.1 Å². The summed E-state index contributed by atoms with van der Waals surface area (Å²) in [6.45, 7) is 5.24. The van der Waals surface area contributed by atoms with E-state index in [0.29, 0.717) is 11.8 Å². The third-order valence-corrected chi connectivity index (χ3v) is 4.12. The van der Waals surface area contributed by atoms with Crippen LogP contribution in [0.3, 0.4) is 0 Å². The zero-order valence-electron chi connectivity index (χ0n) is 12.8. The summed E-state index contributed by atoms with van der Waals surface area (Å²) in [5, 5.41) is 0. The van der Waals surface area contributed by atoms with Crippen LogP contribution in [0, 0.1) is 0 Å². The molecule has 1 fully saturated rings. The second kappa shape index (κ2) is 6.22. The van der Waals surface area contributed by atoms with Gasteiger partial charge in [-0.15, -0.1) is 0 Å². The molecule has 1 heterocycles. The van der Waals surface area contributed by atoms with Crippen LogP contribution in [0.2, 0.25) is 0 Å². The smallest absolute Gasteiger partial charge is 0.162 e. The van der Waals surface area contributed by atoms with E-state index in [1.54, 1.807) is 14.2 Å². The maximum Gasteiger partial charge on any atom is 0.162 e. The molecule has 5 heteroatoms. The number of hydrogen-bond donors (Lipinski definition) is 1. The SMILES string of the molecule is CCC1CN(c2cc(OC)c(OC)cc2N)CCN1C. The Bertz CT molecular complexity index is 465. The molecular formula is C15H25N3O2. The molecule has 1 atom stereocenters. The van der Waals surface area contributed by atoms with Gasteiger partial charge in [-0.1, -0.05) is 6.92 Å². The highest BCUT2D eigenvalue weighted by Crippen LogP contribution is 2.37. The number of nitrogens with zero attached hydrogens (tertiary/aromatic N) is 2. The fraction of sp³-hybridized carbons (Fsp3) is 0.600. The van der Waals surface area contributed by atoms with Crippen LogP contribution in [-0.4, -0.2) is 51.8 Å². The van der Waals surface area contributed by atoms with Crippen LogP contribution in [-0.2, 0) is 0 Å². The molecule has 20 heavy (non-hydrogen) atoms. The zero-order valence-corrected chi connectivity index (χ0v) is 12.8. The predicted molar refractivity (Wildman–Crippen MR) is 82.9 cm³/mol. The van der Waals surface area contributed by atoms with Gasteiger partial charge in [0, 0.05) is 37.8 Å². The van der Waals surface area contributed by atoms with Gasteiger partial charge < -0.3 is 20.1 Å². The first-order valence-corrected chi connectivity index (χ1v) is 7.07. The number of benzene rings is 1. The Balaban J connectivity index is 2.28. The van der Waals surface area contributed by atoms with Crippen molar-refractivity contribution in [2.75, 3.05) is 51.5 Å². The Morgan fingerprint density at radius 3 is 2.45 bits per heavy atom. The lowest BCUT2D eigenvalue weighted by Crippen LogP contribution is -2.51. The predicted octanol–water partition coefficient (Wildman–Crippen LogP) is 1.82. The Kier molecular flexibility index (Phi) is 4.60. The van der Waals surface area contributed by atoms with Crippen molar-refractivity contribution in [3.63, 3.8) is 0 Å². The van der Waals surface area contributed by atoms with Crippen molar-refractivity contribution in [2.45, 2.75) is 19.4 Å². The standard InChI is InChI=1S/C15H25N3O2/c1-5-11-10-18(7-6-17(11)2)13-9-15(20-4)14(19-3)8-12(13)16/h8-9,11H,5-7,10,16H2,1-4H3. The maximum absolute atomic E-state index is 6.18. The summed E-state index contributed by atoms with van der Waals surface area (Å²) in [5.74, 6) is 1.40. The monoisotopic (exact) mass is 279 g/mol. The van der Waals surface area contributed by atoms with E-state index in [2.05, 4.69) is 23.8 Å².